The van der Waals surface area contributed by atoms with Crippen LogP contribution in [0.2, 0.25) is 0 Å². The van der Waals surface area contributed by atoms with Crippen molar-refractivity contribution in [1.29, 1.82) is 0 Å². The highest BCUT2D eigenvalue weighted by molar-refractivity contribution is 7.16. The Hall–Kier alpha value is -1.77. The molecule has 1 aliphatic carbocycles. The summed E-state index contributed by atoms with van der Waals surface area (Å²) in [5, 5.41) is 3.20. The fourth-order valence-electron chi connectivity index (χ4n) is 4.83. The van der Waals surface area contributed by atoms with Gasteiger partial charge in [-0.15, -0.1) is 11.3 Å². The lowest BCUT2D eigenvalue weighted by atomic mass is 9.90. The lowest BCUT2D eigenvalue weighted by Crippen LogP contribution is -2.58. The second kappa shape index (κ2) is 7.93. The number of aromatic nitrogens is 2. The maximum Gasteiger partial charge on any atom is 0.237 e. The molecule has 2 aromatic heterocycles. The van der Waals surface area contributed by atoms with Crippen LogP contribution in [0.4, 0.5) is 5.82 Å². The minimum atomic E-state index is 0.258. The molecule has 3 aliphatic rings. The molecule has 0 bridgehead atoms. The monoisotopic (exact) mass is 401 g/mol. The van der Waals surface area contributed by atoms with E-state index in [9.17, 15) is 4.79 Å². The Morgan fingerprint density at radius 2 is 2.00 bits per heavy atom. The van der Waals surface area contributed by atoms with Crippen molar-refractivity contribution in [2.75, 3.05) is 50.8 Å². The summed E-state index contributed by atoms with van der Waals surface area (Å²) in [4.78, 5) is 29.6. The first kappa shape index (κ1) is 18.3. The number of ether oxygens (including phenoxy) is 1. The molecule has 150 valence electrons. The van der Waals surface area contributed by atoms with E-state index in [2.05, 4.69) is 36.1 Å². The smallest absolute Gasteiger partial charge is 0.237 e. The highest BCUT2D eigenvalue weighted by Gasteiger charge is 2.37. The van der Waals surface area contributed by atoms with Gasteiger partial charge in [0.25, 0.3) is 0 Å². The van der Waals surface area contributed by atoms with Crippen molar-refractivity contribution >= 4 is 33.3 Å². The number of piperazine rings is 1. The predicted octanol–water partition coefficient (Wildman–Crippen LogP) is 1.98. The van der Waals surface area contributed by atoms with Crippen LogP contribution in [-0.2, 0) is 9.53 Å². The zero-order chi connectivity index (χ0) is 18.9. The lowest BCUT2D eigenvalue weighted by Gasteiger charge is -2.44. The van der Waals surface area contributed by atoms with E-state index >= 15 is 0 Å². The molecule has 0 aromatic carbocycles. The molecule has 2 aliphatic heterocycles. The van der Waals surface area contributed by atoms with Crippen molar-refractivity contribution in [3.8, 4) is 0 Å². The third-order valence-electron chi connectivity index (χ3n) is 6.32. The molecule has 7 nitrogen and oxygen atoms in total. The Morgan fingerprint density at radius 3 is 2.89 bits per heavy atom. The van der Waals surface area contributed by atoms with Crippen LogP contribution in [0.3, 0.4) is 0 Å². The van der Waals surface area contributed by atoms with Crippen molar-refractivity contribution in [3.05, 3.63) is 17.8 Å². The van der Waals surface area contributed by atoms with E-state index in [-0.39, 0.29) is 12.0 Å². The summed E-state index contributed by atoms with van der Waals surface area (Å²) in [7, 11) is 0. The topological polar surface area (TPSA) is 61.8 Å². The van der Waals surface area contributed by atoms with Gasteiger partial charge in [0.05, 0.1) is 30.7 Å². The van der Waals surface area contributed by atoms with Crippen LogP contribution in [0.1, 0.15) is 25.7 Å². The van der Waals surface area contributed by atoms with Gasteiger partial charge in [0.15, 0.2) is 0 Å². The van der Waals surface area contributed by atoms with Crippen molar-refractivity contribution in [2.45, 2.75) is 37.8 Å². The fraction of sp³-hybridized carbons (Fsp3) is 0.650. The van der Waals surface area contributed by atoms with Crippen molar-refractivity contribution < 1.29 is 9.53 Å². The standard InChI is InChI=1S/C20H27N5O2S/c26-18(25-10-11-27-17-4-2-1-3-16(17)25)13-23-6-8-24(9-7-23)19-15-5-12-28-20(15)22-14-21-19/h5,12,14,16-17H,1-4,6-11,13H2. The van der Waals surface area contributed by atoms with E-state index in [1.165, 1.54) is 12.8 Å². The molecule has 0 radical (unpaired) electrons. The molecule has 28 heavy (non-hydrogen) atoms. The van der Waals surface area contributed by atoms with E-state index in [4.69, 9.17) is 4.74 Å². The number of morpholine rings is 1. The second-order valence-corrected chi connectivity index (χ2v) is 8.84. The van der Waals surface area contributed by atoms with Gasteiger partial charge in [0, 0.05) is 32.7 Å². The van der Waals surface area contributed by atoms with E-state index < -0.39 is 0 Å². The molecule has 0 spiro atoms. The zero-order valence-electron chi connectivity index (χ0n) is 16.1. The van der Waals surface area contributed by atoms with Crippen molar-refractivity contribution in [1.82, 2.24) is 19.8 Å². The van der Waals surface area contributed by atoms with Crippen LogP contribution >= 0.6 is 11.3 Å². The van der Waals surface area contributed by atoms with Crippen LogP contribution < -0.4 is 4.90 Å². The average Bonchev–Trinajstić information content (AvgIpc) is 3.23. The molecule has 2 aromatic rings. The van der Waals surface area contributed by atoms with Crippen LogP contribution in [-0.4, -0.2) is 83.7 Å². The molecule has 2 saturated heterocycles. The van der Waals surface area contributed by atoms with E-state index in [0.29, 0.717) is 19.2 Å². The number of anilines is 1. The third kappa shape index (κ3) is 3.49. The molecule has 4 heterocycles. The van der Waals surface area contributed by atoms with E-state index in [1.54, 1.807) is 17.7 Å². The molecule has 5 rings (SSSR count). The van der Waals surface area contributed by atoms with Gasteiger partial charge < -0.3 is 14.5 Å². The minimum Gasteiger partial charge on any atom is -0.374 e. The molecule has 3 fully saturated rings. The third-order valence-corrected chi connectivity index (χ3v) is 7.14. The van der Waals surface area contributed by atoms with Gasteiger partial charge in [0.1, 0.15) is 17.0 Å². The number of amides is 1. The lowest BCUT2D eigenvalue weighted by molar-refractivity contribution is -0.150. The van der Waals surface area contributed by atoms with Crippen LogP contribution in [0.5, 0.6) is 0 Å². The number of carbonyl (C=O) groups is 1. The quantitative estimate of drug-likeness (QED) is 0.784. The largest absolute Gasteiger partial charge is 0.374 e. The maximum absolute atomic E-state index is 13.0. The molecule has 1 amide bonds. The summed E-state index contributed by atoms with van der Waals surface area (Å²) in [5.74, 6) is 1.30. The number of hydrogen-bond acceptors (Lipinski definition) is 7. The molecule has 2 unspecified atom stereocenters. The Balaban J connectivity index is 1.19. The Bertz CT molecular complexity index is 833. The summed E-state index contributed by atoms with van der Waals surface area (Å²) in [6, 6.07) is 2.40. The van der Waals surface area contributed by atoms with E-state index in [1.807, 2.05) is 0 Å². The van der Waals surface area contributed by atoms with Crippen molar-refractivity contribution in [2.24, 2.45) is 0 Å². The number of nitrogens with zero attached hydrogens (tertiary/aromatic N) is 5. The highest BCUT2D eigenvalue weighted by atomic mass is 32.1. The summed E-state index contributed by atoms with van der Waals surface area (Å²) in [6.45, 7) is 5.52. The van der Waals surface area contributed by atoms with Gasteiger partial charge >= 0.3 is 0 Å². The molecule has 0 N–H and O–H groups in total. The summed E-state index contributed by atoms with van der Waals surface area (Å²) >= 11 is 1.65. The van der Waals surface area contributed by atoms with Gasteiger partial charge in [-0.1, -0.05) is 12.8 Å². The Kier molecular flexibility index (Phi) is 5.17. The molecule has 1 saturated carbocycles. The van der Waals surface area contributed by atoms with Gasteiger partial charge in [-0.25, -0.2) is 9.97 Å². The summed E-state index contributed by atoms with van der Waals surface area (Å²) < 4.78 is 5.92. The molecule has 2 atom stereocenters. The van der Waals surface area contributed by atoms with Gasteiger partial charge in [0.2, 0.25) is 5.91 Å². The second-order valence-electron chi connectivity index (χ2n) is 7.95. The predicted molar refractivity (Wildman–Crippen MR) is 110 cm³/mol. The first-order valence-corrected chi connectivity index (χ1v) is 11.2. The zero-order valence-corrected chi connectivity index (χ0v) is 16.9. The van der Waals surface area contributed by atoms with E-state index in [0.717, 1.165) is 61.6 Å². The molecular formula is C20H27N5O2S. The minimum absolute atomic E-state index is 0.258. The first-order valence-electron chi connectivity index (χ1n) is 10.4. The summed E-state index contributed by atoms with van der Waals surface area (Å²) in [6.07, 6.45) is 6.55. The molecule has 8 heteroatoms. The summed E-state index contributed by atoms with van der Waals surface area (Å²) in [5.41, 5.74) is 0. The van der Waals surface area contributed by atoms with Crippen LogP contribution in [0, 0.1) is 0 Å². The Labute approximate surface area is 169 Å². The molecular weight excluding hydrogens is 374 g/mol. The van der Waals surface area contributed by atoms with Crippen molar-refractivity contribution in [3.63, 3.8) is 0 Å². The van der Waals surface area contributed by atoms with Gasteiger partial charge in [-0.05, 0) is 24.3 Å². The fourth-order valence-corrected chi connectivity index (χ4v) is 5.56. The first-order chi connectivity index (χ1) is 13.8. The number of fused-ring (bicyclic) bond motifs is 2. The Morgan fingerprint density at radius 1 is 1.14 bits per heavy atom. The average molecular weight is 402 g/mol. The van der Waals surface area contributed by atoms with Crippen LogP contribution in [0.15, 0.2) is 17.8 Å². The SMILES string of the molecule is O=C(CN1CCN(c2ncnc3sccc23)CC1)N1CCOC2CCCCC21. The number of hydrogen-bond donors (Lipinski definition) is 0. The maximum atomic E-state index is 13.0. The van der Waals surface area contributed by atoms with Gasteiger partial charge in [-0.2, -0.15) is 0 Å². The van der Waals surface area contributed by atoms with Gasteiger partial charge in [-0.3, -0.25) is 9.69 Å². The van der Waals surface area contributed by atoms with Crippen LogP contribution in [0.25, 0.3) is 10.2 Å². The number of thiophene rings is 1. The number of carbonyl (C=O) groups excluding carboxylic acids is 1. The highest BCUT2D eigenvalue weighted by Crippen LogP contribution is 2.29. The normalized spacial score (nSPS) is 26.4. The number of rotatable bonds is 3.